The topological polar surface area (TPSA) is 231 Å². The standard InChI is InChI=1S/C57H96O15/c1-3-5-7-9-11-13-15-17-19-20-21-22-23-24-26-28-30-32-34-36-38-40-49(60)70-45(42-67-48(59)39-37-35-33-31-29-27-25-18-16-14-12-10-8-6-4-2)43-68-56-55(66)53(64)51(62)47(72-56)44-69-57-54(65)52(63)50(61)46(41-58)71-57/h5,7,11-14,17-19,21-22,25,45-47,50-58,61-66H,3-4,6,8-10,15-16,20,23-24,26-44H2,1-2H3/b7-5-,13-11-,14-12-,19-17-,22-21-,25-18-. The van der Waals surface area contributed by atoms with Crippen LogP contribution in [0.3, 0.4) is 0 Å². The van der Waals surface area contributed by atoms with E-state index in [0.717, 1.165) is 103 Å². The molecule has 414 valence electrons. The molecule has 0 saturated carbocycles. The van der Waals surface area contributed by atoms with Crippen molar-refractivity contribution in [2.75, 3.05) is 26.4 Å². The molecule has 0 spiro atoms. The fraction of sp³-hybridized carbons (Fsp3) is 0.754. The van der Waals surface area contributed by atoms with Crippen LogP contribution in [0.15, 0.2) is 72.9 Å². The van der Waals surface area contributed by atoms with Crippen molar-refractivity contribution in [2.24, 2.45) is 0 Å². The van der Waals surface area contributed by atoms with Crippen LogP contribution in [0.1, 0.15) is 181 Å². The molecule has 72 heavy (non-hydrogen) atoms. The largest absolute Gasteiger partial charge is 0.462 e. The van der Waals surface area contributed by atoms with E-state index in [-0.39, 0.29) is 19.4 Å². The van der Waals surface area contributed by atoms with Crippen LogP contribution in [-0.2, 0) is 38.0 Å². The van der Waals surface area contributed by atoms with Gasteiger partial charge in [0.25, 0.3) is 0 Å². The van der Waals surface area contributed by atoms with Crippen LogP contribution < -0.4 is 0 Å². The lowest BCUT2D eigenvalue weighted by molar-refractivity contribution is -0.332. The van der Waals surface area contributed by atoms with Gasteiger partial charge in [-0.1, -0.05) is 157 Å². The maximum Gasteiger partial charge on any atom is 0.306 e. The first-order chi connectivity index (χ1) is 35.0. The van der Waals surface area contributed by atoms with E-state index in [9.17, 15) is 45.3 Å². The number of hydrogen-bond donors (Lipinski definition) is 7. The Balaban J connectivity index is 1.78. The lowest BCUT2D eigenvalue weighted by atomic mass is 9.98. The molecule has 11 atom stereocenters. The molecule has 2 saturated heterocycles. The molecular weight excluding hydrogens is 925 g/mol. The van der Waals surface area contributed by atoms with Crippen molar-refractivity contribution in [1.82, 2.24) is 0 Å². The Morgan fingerprint density at radius 2 is 0.875 bits per heavy atom. The van der Waals surface area contributed by atoms with E-state index in [1.807, 2.05) is 0 Å². The van der Waals surface area contributed by atoms with E-state index in [1.54, 1.807) is 0 Å². The monoisotopic (exact) mass is 1020 g/mol. The third kappa shape index (κ3) is 30.3. The van der Waals surface area contributed by atoms with E-state index in [1.165, 1.54) is 38.5 Å². The zero-order valence-corrected chi connectivity index (χ0v) is 43.9. The number of esters is 2. The van der Waals surface area contributed by atoms with Crippen LogP contribution in [0.25, 0.3) is 0 Å². The number of aliphatic hydroxyl groups is 7. The number of aliphatic hydroxyl groups excluding tert-OH is 7. The second-order valence-corrected chi connectivity index (χ2v) is 19.0. The summed E-state index contributed by atoms with van der Waals surface area (Å²) in [6.45, 7) is 2.43. The van der Waals surface area contributed by atoms with Gasteiger partial charge in [-0.05, 0) is 83.5 Å². The van der Waals surface area contributed by atoms with Gasteiger partial charge in [0.15, 0.2) is 18.7 Å². The molecule has 2 aliphatic heterocycles. The number of hydrogen-bond acceptors (Lipinski definition) is 15. The van der Waals surface area contributed by atoms with Gasteiger partial charge in [-0.15, -0.1) is 0 Å². The predicted molar refractivity (Wildman–Crippen MR) is 279 cm³/mol. The zero-order valence-electron chi connectivity index (χ0n) is 43.9. The number of carbonyl (C=O) groups excluding carboxylic acids is 2. The molecule has 0 bridgehead atoms. The molecule has 0 aromatic heterocycles. The lowest BCUT2D eigenvalue weighted by Crippen LogP contribution is -2.61. The van der Waals surface area contributed by atoms with Gasteiger partial charge in [0.1, 0.15) is 55.4 Å². The number of unbranched alkanes of at least 4 members (excludes halogenated alkanes) is 16. The molecule has 0 aromatic rings. The third-order valence-corrected chi connectivity index (χ3v) is 12.7. The average molecular weight is 1020 g/mol. The van der Waals surface area contributed by atoms with E-state index in [0.29, 0.717) is 12.8 Å². The summed E-state index contributed by atoms with van der Waals surface area (Å²) in [4.78, 5) is 25.8. The molecule has 0 aromatic carbocycles. The minimum atomic E-state index is -1.77. The Labute approximate surface area is 432 Å². The zero-order chi connectivity index (χ0) is 52.4. The van der Waals surface area contributed by atoms with Crippen molar-refractivity contribution >= 4 is 11.9 Å². The summed E-state index contributed by atoms with van der Waals surface area (Å²) in [6.07, 6.45) is 34.9. The van der Waals surface area contributed by atoms with Gasteiger partial charge in [0, 0.05) is 12.8 Å². The van der Waals surface area contributed by atoms with Gasteiger partial charge in [0.2, 0.25) is 0 Å². The molecule has 2 fully saturated rings. The molecule has 15 heteroatoms. The molecular formula is C57H96O15. The Morgan fingerprint density at radius 1 is 0.458 bits per heavy atom. The van der Waals surface area contributed by atoms with Crippen molar-refractivity contribution in [3.8, 4) is 0 Å². The molecule has 7 N–H and O–H groups in total. The highest BCUT2D eigenvalue weighted by Crippen LogP contribution is 2.26. The summed E-state index contributed by atoms with van der Waals surface area (Å²) in [7, 11) is 0. The maximum absolute atomic E-state index is 13.0. The fourth-order valence-corrected chi connectivity index (χ4v) is 8.18. The molecule has 0 aliphatic carbocycles. The third-order valence-electron chi connectivity index (χ3n) is 12.7. The highest BCUT2D eigenvalue weighted by atomic mass is 16.7. The minimum absolute atomic E-state index is 0.149. The Hall–Kier alpha value is -3.06. The van der Waals surface area contributed by atoms with Crippen molar-refractivity contribution < 1.29 is 73.8 Å². The van der Waals surface area contributed by atoms with E-state index in [4.69, 9.17) is 28.4 Å². The van der Waals surface area contributed by atoms with Gasteiger partial charge in [0.05, 0.1) is 19.8 Å². The Bertz CT molecular complexity index is 1530. The van der Waals surface area contributed by atoms with Crippen LogP contribution in [0.2, 0.25) is 0 Å². The molecule has 11 unspecified atom stereocenters. The van der Waals surface area contributed by atoms with E-state index >= 15 is 0 Å². The fourth-order valence-electron chi connectivity index (χ4n) is 8.18. The highest BCUT2D eigenvalue weighted by Gasteiger charge is 2.47. The van der Waals surface area contributed by atoms with Crippen molar-refractivity contribution in [2.45, 2.75) is 248 Å². The van der Waals surface area contributed by atoms with Crippen LogP contribution in [0, 0.1) is 0 Å². The van der Waals surface area contributed by atoms with Crippen LogP contribution in [0.5, 0.6) is 0 Å². The second-order valence-electron chi connectivity index (χ2n) is 19.0. The van der Waals surface area contributed by atoms with E-state index in [2.05, 4.69) is 86.8 Å². The van der Waals surface area contributed by atoms with Gasteiger partial charge in [-0.3, -0.25) is 9.59 Å². The molecule has 2 rings (SSSR count). The van der Waals surface area contributed by atoms with Crippen molar-refractivity contribution in [3.63, 3.8) is 0 Å². The Kier molecular flexibility index (Phi) is 39.0. The molecule has 2 heterocycles. The summed E-state index contributed by atoms with van der Waals surface area (Å²) < 4.78 is 33.6. The number of carbonyl (C=O) groups is 2. The second kappa shape index (κ2) is 43.2. The summed E-state index contributed by atoms with van der Waals surface area (Å²) in [5.74, 6) is -0.954. The molecule has 2 aliphatic rings. The number of ether oxygens (including phenoxy) is 6. The lowest BCUT2D eigenvalue weighted by Gasteiger charge is -2.42. The van der Waals surface area contributed by atoms with Crippen molar-refractivity contribution in [1.29, 1.82) is 0 Å². The first-order valence-electron chi connectivity index (χ1n) is 27.5. The summed E-state index contributed by atoms with van der Waals surface area (Å²) in [5, 5.41) is 72.2. The SMILES string of the molecule is CC/C=C\C/C=C\C/C=C\C/C=C\CCCCCCCCCCC(=O)OC(COC(=O)CCCCCCC/C=C\C/C=C\CCCCC)COC1OC(COC2OC(CO)C(O)C(O)C2O)C(O)C(O)C1O. The summed E-state index contributed by atoms with van der Waals surface area (Å²) in [6, 6.07) is 0. The number of allylic oxidation sites excluding steroid dienone is 12. The van der Waals surface area contributed by atoms with Crippen molar-refractivity contribution in [3.05, 3.63) is 72.9 Å². The Morgan fingerprint density at radius 3 is 1.38 bits per heavy atom. The maximum atomic E-state index is 13.0. The van der Waals surface area contributed by atoms with Gasteiger partial charge in [-0.2, -0.15) is 0 Å². The number of rotatable bonds is 42. The molecule has 15 nitrogen and oxygen atoms in total. The first-order valence-corrected chi connectivity index (χ1v) is 27.5. The van der Waals surface area contributed by atoms with Crippen LogP contribution in [-0.4, -0.2) is 142 Å². The van der Waals surface area contributed by atoms with Gasteiger partial charge < -0.3 is 64.2 Å². The van der Waals surface area contributed by atoms with E-state index < -0.39 is 99.3 Å². The van der Waals surface area contributed by atoms with Gasteiger partial charge in [-0.25, -0.2) is 0 Å². The first kappa shape index (κ1) is 65.1. The summed E-state index contributed by atoms with van der Waals surface area (Å²) >= 11 is 0. The minimum Gasteiger partial charge on any atom is -0.462 e. The van der Waals surface area contributed by atoms with Crippen LogP contribution >= 0.6 is 0 Å². The molecule has 0 radical (unpaired) electrons. The predicted octanol–water partition coefficient (Wildman–Crippen LogP) is 8.60. The summed E-state index contributed by atoms with van der Waals surface area (Å²) in [5.41, 5.74) is 0. The normalized spacial score (nSPS) is 25.6. The smallest absolute Gasteiger partial charge is 0.306 e. The van der Waals surface area contributed by atoms with Gasteiger partial charge >= 0.3 is 11.9 Å². The average Bonchev–Trinajstić information content (AvgIpc) is 3.37. The van der Waals surface area contributed by atoms with Crippen LogP contribution in [0.4, 0.5) is 0 Å². The molecule has 0 amide bonds. The quantitative estimate of drug-likeness (QED) is 0.0172. The highest BCUT2D eigenvalue weighted by molar-refractivity contribution is 5.70.